The molecule has 14 atom stereocenters. The van der Waals surface area contributed by atoms with Gasteiger partial charge in [0.25, 0.3) is 11.7 Å². The number of ether oxygens (including phenoxy) is 5. The Balaban J connectivity index is 1.42. The summed E-state index contributed by atoms with van der Waals surface area (Å²) in [5.41, 5.74) is 1.61. The lowest BCUT2D eigenvalue weighted by molar-refractivity contribution is -0.302. The first-order valence-electron chi connectivity index (χ1n) is 25.6. The topological polar surface area (TPSA) is 188 Å². The van der Waals surface area contributed by atoms with Gasteiger partial charge in [-0.2, -0.15) is 0 Å². The van der Waals surface area contributed by atoms with Gasteiger partial charge in [0.05, 0.1) is 24.4 Å². The van der Waals surface area contributed by atoms with Crippen LogP contribution in [-0.4, -0.2) is 127 Å². The van der Waals surface area contributed by atoms with Crippen LogP contribution in [-0.2, 0) is 38.1 Å². The van der Waals surface area contributed by atoms with Gasteiger partial charge in [0.1, 0.15) is 41.6 Å². The van der Waals surface area contributed by atoms with E-state index >= 15 is 0 Å². The highest BCUT2D eigenvalue weighted by Crippen LogP contribution is 2.41. The highest BCUT2D eigenvalue weighted by molar-refractivity contribution is 6.74. The molecule has 1 amide bonds. The first kappa shape index (κ1) is 56.5. The van der Waals surface area contributed by atoms with Gasteiger partial charge in [0.2, 0.25) is 14.1 Å². The summed E-state index contributed by atoms with van der Waals surface area (Å²) in [6, 6.07) is 6.39. The van der Waals surface area contributed by atoms with E-state index < -0.39 is 98.3 Å². The van der Waals surface area contributed by atoms with Crippen LogP contribution in [0.4, 0.5) is 0 Å². The third-order valence-electron chi connectivity index (χ3n) is 15.9. The van der Waals surface area contributed by atoms with E-state index in [1.165, 1.54) is 19.1 Å². The number of aliphatic hydroxyl groups is 3. The number of Topliss-reactive ketones (excluding diaryl/α,β-unsaturated/α-hetero) is 2. The summed E-state index contributed by atoms with van der Waals surface area (Å²) in [5.74, 6) is -6.39. The second-order valence-corrected chi connectivity index (χ2v) is 27.1. The van der Waals surface area contributed by atoms with Crippen molar-refractivity contribution in [2.24, 2.45) is 29.6 Å². The van der Waals surface area contributed by atoms with E-state index in [-0.39, 0.29) is 48.5 Å². The third-order valence-corrected chi connectivity index (χ3v) is 20.2. The van der Waals surface area contributed by atoms with Crippen LogP contribution in [0.25, 0.3) is 0 Å². The smallest absolute Gasteiger partial charge is 0.329 e. The second kappa shape index (κ2) is 23.9. The molecule has 388 valence electrons. The minimum Gasteiger partial charge on any atom is -0.543 e. The second-order valence-electron chi connectivity index (χ2n) is 22.4. The molecule has 0 spiro atoms. The van der Waals surface area contributed by atoms with Gasteiger partial charge >= 0.3 is 5.97 Å². The van der Waals surface area contributed by atoms with Gasteiger partial charge in [-0.15, -0.1) is 0 Å². The number of fused-ring (bicyclic) bond motifs is 3. The fraction of sp³-hybridized carbons (Fsp3) is 0.741. The molecule has 1 aromatic carbocycles. The zero-order valence-electron chi connectivity index (χ0n) is 43.8. The Labute approximate surface area is 413 Å². The number of rotatable bonds is 9. The number of benzene rings is 1. The third kappa shape index (κ3) is 13.7. The van der Waals surface area contributed by atoms with Crippen molar-refractivity contribution in [1.29, 1.82) is 0 Å². The number of esters is 1. The Hall–Kier alpha value is -3.44. The van der Waals surface area contributed by atoms with Gasteiger partial charge in [-0.1, -0.05) is 66.2 Å². The van der Waals surface area contributed by atoms with E-state index in [4.69, 9.17) is 28.1 Å². The monoisotopic (exact) mass is 984 g/mol. The van der Waals surface area contributed by atoms with Gasteiger partial charge < -0.3 is 48.3 Å². The molecular weight excluding hydrogens is 899 g/mol. The normalized spacial score (nSPS) is 35.6. The maximum Gasteiger partial charge on any atom is 0.329 e. The largest absolute Gasteiger partial charge is 0.543 e. The molecule has 1 aliphatic carbocycles. The standard InChI is InChI=1S/C54H85NO13Si/c1-14-38-26-32(2)25-33(3)27-46(63-10)49-47(64-11)29-35(5)54(62,67-49)50(59)51(60)55-24-16-15-17-41(55)52(61)66-48(36(6)42(56)31-43(38)57)34(4)28-37-18-23-45(44(58)30-37)65-39-19-21-40(22-20-39)68-69(12,13)53(7,8)9/h19-22,26,28,33,35-38,41-42,44-49,56,58,62H,14-18,23-25,27,29-31H2,1-13H3. The molecule has 3 N–H and O–H groups in total. The lowest BCUT2D eigenvalue weighted by Gasteiger charge is -2.47. The molecule has 4 aliphatic rings. The number of hydrogen-bond donors (Lipinski definition) is 3. The fourth-order valence-electron chi connectivity index (χ4n) is 10.5. The Kier molecular flexibility index (Phi) is 19.5. The zero-order chi connectivity index (χ0) is 51.2. The summed E-state index contributed by atoms with van der Waals surface area (Å²) >= 11 is 0. The van der Waals surface area contributed by atoms with E-state index in [0.717, 1.165) is 11.3 Å². The molecule has 14 unspecified atom stereocenters. The van der Waals surface area contributed by atoms with Crippen LogP contribution >= 0.6 is 0 Å². The number of allylic oxidation sites excluding steroid dienone is 3. The van der Waals surface area contributed by atoms with Crippen molar-refractivity contribution in [2.75, 3.05) is 20.8 Å². The SMILES string of the molecule is CCC1C=C(C)CC(C)CC(OC)C2OC(O)(C(=O)C(=O)N3CCCCC3C(=O)OC(C(C)=CC3CCC(Oc4ccc(O[Si](C)(C)C(C)(C)C)cc4)C(O)C3)C(C)C(O)CC1=O)C(C)CC2OC. The van der Waals surface area contributed by atoms with E-state index in [2.05, 4.69) is 40.8 Å². The summed E-state index contributed by atoms with van der Waals surface area (Å²) in [6.45, 7) is 22.2. The number of carbonyl (C=O) groups is 4. The van der Waals surface area contributed by atoms with Gasteiger partial charge in [0, 0.05) is 44.9 Å². The number of piperidine rings is 1. The van der Waals surface area contributed by atoms with Crippen LogP contribution in [0.2, 0.25) is 18.1 Å². The number of nitrogens with zero attached hydrogens (tertiary/aromatic N) is 1. The first-order chi connectivity index (χ1) is 32.3. The molecular formula is C54H85NO13Si. The molecule has 1 aromatic rings. The minimum absolute atomic E-state index is 0.0197. The van der Waals surface area contributed by atoms with Gasteiger partial charge in [-0.25, -0.2) is 4.79 Å². The Bertz CT molecular complexity index is 1980. The van der Waals surface area contributed by atoms with Crippen molar-refractivity contribution in [2.45, 2.75) is 206 Å². The van der Waals surface area contributed by atoms with Crippen LogP contribution in [0.15, 0.2) is 47.6 Å². The predicted molar refractivity (Wildman–Crippen MR) is 266 cm³/mol. The number of amides is 1. The summed E-state index contributed by atoms with van der Waals surface area (Å²) < 4.78 is 37.2. The van der Waals surface area contributed by atoms with Crippen molar-refractivity contribution in [3.05, 3.63) is 47.6 Å². The molecule has 5 rings (SSSR count). The summed E-state index contributed by atoms with van der Waals surface area (Å²) in [7, 11) is 1.04. The summed E-state index contributed by atoms with van der Waals surface area (Å²) in [5, 5.41) is 35.5. The molecule has 14 nitrogen and oxygen atoms in total. The summed E-state index contributed by atoms with van der Waals surface area (Å²) in [6.07, 6.45) is 2.94. The molecule has 3 aliphatic heterocycles. The zero-order valence-corrected chi connectivity index (χ0v) is 44.8. The molecule has 69 heavy (non-hydrogen) atoms. The molecule has 3 fully saturated rings. The number of aliphatic hydroxyl groups excluding tert-OH is 2. The average molecular weight is 984 g/mol. The maximum atomic E-state index is 14.5. The van der Waals surface area contributed by atoms with E-state index in [9.17, 15) is 34.5 Å². The maximum absolute atomic E-state index is 14.5. The van der Waals surface area contributed by atoms with Crippen LogP contribution in [0.1, 0.15) is 133 Å². The van der Waals surface area contributed by atoms with Crippen molar-refractivity contribution >= 4 is 31.8 Å². The van der Waals surface area contributed by atoms with Crippen molar-refractivity contribution in [1.82, 2.24) is 4.90 Å². The van der Waals surface area contributed by atoms with Crippen molar-refractivity contribution in [3.63, 3.8) is 0 Å². The molecule has 3 heterocycles. The first-order valence-corrected chi connectivity index (χ1v) is 28.5. The van der Waals surface area contributed by atoms with Crippen LogP contribution in [0, 0.1) is 29.6 Å². The molecule has 2 bridgehead atoms. The minimum atomic E-state index is -2.52. The number of hydrogen-bond acceptors (Lipinski definition) is 13. The van der Waals surface area contributed by atoms with Crippen molar-refractivity contribution < 1.29 is 62.6 Å². The Morgan fingerprint density at radius 2 is 1.52 bits per heavy atom. The summed E-state index contributed by atoms with van der Waals surface area (Å²) in [4.78, 5) is 58.4. The van der Waals surface area contributed by atoms with Crippen LogP contribution in [0.3, 0.4) is 0 Å². The number of cyclic esters (lactones) is 1. The molecule has 0 radical (unpaired) electrons. The van der Waals surface area contributed by atoms with E-state index in [1.807, 2.05) is 57.2 Å². The highest BCUT2D eigenvalue weighted by atomic mass is 28.4. The van der Waals surface area contributed by atoms with Crippen molar-refractivity contribution in [3.8, 4) is 11.5 Å². The number of carbonyl (C=O) groups excluding carboxylic acids is 4. The quantitative estimate of drug-likeness (QED) is 0.0930. The van der Waals surface area contributed by atoms with E-state index in [1.54, 1.807) is 13.8 Å². The van der Waals surface area contributed by atoms with Gasteiger partial charge in [-0.3, -0.25) is 14.4 Å². The number of ketones is 2. The van der Waals surface area contributed by atoms with Gasteiger partial charge in [0.15, 0.2) is 0 Å². The molecule has 2 saturated heterocycles. The average Bonchev–Trinajstić information content (AvgIpc) is 3.29. The molecule has 15 heteroatoms. The lowest BCUT2D eigenvalue weighted by atomic mass is 9.81. The van der Waals surface area contributed by atoms with Crippen LogP contribution in [0.5, 0.6) is 11.5 Å². The van der Waals surface area contributed by atoms with Crippen LogP contribution < -0.4 is 9.16 Å². The Morgan fingerprint density at radius 1 is 0.884 bits per heavy atom. The molecule has 1 saturated carbocycles. The van der Waals surface area contributed by atoms with E-state index in [0.29, 0.717) is 62.7 Å². The number of methoxy groups -OCH3 is 2. The Morgan fingerprint density at radius 3 is 2.13 bits per heavy atom. The fourth-order valence-corrected chi connectivity index (χ4v) is 11.5. The predicted octanol–water partition coefficient (Wildman–Crippen LogP) is 8.29. The highest BCUT2D eigenvalue weighted by Gasteiger charge is 2.56. The van der Waals surface area contributed by atoms with Gasteiger partial charge in [-0.05, 0) is 138 Å². The molecule has 0 aromatic heterocycles. The lowest BCUT2D eigenvalue weighted by Crippen LogP contribution is -2.64.